The number of halogens is 2. The fourth-order valence-corrected chi connectivity index (χ4v) is 3.46. The molecule has 27 heavy (non-hydrogen) atoms. The van der Waals surface area contributed by atoms with Gasteiger partial charge in [-0.05, 0) is 60.5 Å². The van der Waals surface area contributed by atoms with E-state index < -0.39 is 0 Å². The molecule has 0 aliphatic rings. The predicted octanol–water partition coefficient (Wildman–Crippen LogP) is 5.49. The topological polar surface area (TPSA) is 41.6 Å². The van der Waals surface area contributed by atoms with Crippen molar-refractivity contribution in [2.75, 3.05) is 0 Å². The van der Waals surface area contributed by atoms with Gasteiger partial charge in [-0.3, -0.25) is 4.98 Å². The van der Waals surface area contributed by atoms with E-state index in [1.165, 1.54) is 6.07 Å². The van der Waals surface area contributed by atoms with Gasteiger partial charge in [0.1, 0.15) is 5.82 Å². The fraction of sp³-hybridized carbons (Fsp3) is 0.0909. The molecular formula is C22H17ClFN3. The molecule has 0 unspecified atom stereocenters. The van der Waals surface area contributed by atoms with Gasteiger partial charge in [0.05, 0.1) is 22.8 Å². The van der Waals surface area contributed by atoms with E-state index >= 15 is 0 Å². The summed E-state index contributed by atoms with van der Waals surface area (Å²) in [6, 6.07) is 18.5. The fourth-order valence-electron chi connectivity index (χ4n) is 3.46. The molecule has 0 atom stereocenters. The highest BCUT2D eigenvalue weighted by Gasteiger charge is 2.17. The van der Waals surface area contributed by atoms with Crippen molar-refractivity contribution in [1.29, 1.82) is 5.26 Å². The van der Waals surface area contributed by atoms with Crippen LogP contribution in [0.3, 0.4) is 0 Å². The Kier molecular flexibility index (Phi) is 5.25. The van der Waals surface area contributed by atoms with Gasteiger partial charge in [-0.25, -0.2) is 4.39 Å². The van der Waals surface area contributed by atoms with Crippen LogP contribution in [0.15, 0.2) is 67.0 Å². The zero-order chi connectivity index (χ0) is 18.1. The van der Waals surface area contributed by atoms with E-state index in [1.807, 2.05) is 49.5 Å². The molecule has 0 N–H and O–H groups in total. The van der Waals surface area contributed by atoms with E-state index in [0.717, 1.165) is 33.3 Å². The molecule has 0 bridgehead atoms. The van der Waals surface area contributed by atoms with E-state index in [0.29, 0.717) is 12.1 Å². The van der Waals surface area contributed by atoms with Crippen LogP contribution in [0.1, 0.15) is 16.7 Å². The summed E-state index contributed by atoms with van der Waals surface area (Å²) in [4.78, 5) is 4.23. The van der Waals surface area contributed by atoms with Gasteiger partial charge in [0.15, 0.2) is 0 Å². The van der Waals surface area contributed by atoms with Crippen molar-refractivity contribution in [3.63, 3.8) is 0 Å². The average Bonchev–Trinajstić information content (AvgIpc) is 2.94. The highest BCUT2D eigenvalue weighted by Crippen LogP contribution is 2.34. The Bertz CT molecular complexity index is 1140. The lowest BCUT2D eigenvalue weighted by atomic mass is 10.1. The zero-order valence-corrected chi connectivity index (χ0v) is 15.5. The monoisotopic (exact) mass is 377 g/mol. The molecule has 0 aliphatic carbocycles. The Hall–Kier alpha value is -3.16. The lowest BCUT2D eigenvalue weighted by Gasteiger charge is -2.12. The van der Waals surface area contributed by atoms with Crippen molar-refractivity contribution >= 4 is 23.3 Å². The second-order valence-electron chi connectivity index (χ2n) is 6.28. The number of aryl methyl sites for hydroxylation is 1. The van der Waals surface area contributed by atoms with Crippen molar-refractivity contribution in [1.82, 2.24) is 9.55 Å². The summed E-state index contributed by atoms with van der Waals surface area (Å²) in [5, 5.41) is 10.2. The number of aromatic nitrogens is 2. The van der Waals surface area contributed by atoms with Crippen LogP contribution in [0.2, 0.25) is 0 Å². The van der Waals surface area contributed by atoms with E-state index in [1.54, 1.807) is 18.3 Å². The van der Waals surface area contributed by atoms with Crippen LogP contribution < -0.4 is 0 Å². The molecule has 2 aromatic heterocycles. The van der Waals surface area contributed by atoms with Crippen LogP contribution in [0, 0.1) is 24.1 Å². The third-order valence-corrected chi connectivity index (χ3v) is 4.61. The van der Waals surface area contributed by atoms with Crippen LogP contribution in [-0.2, 0) is 6.54 Å². The molecule has 5 heteroatoms. The highest BCUT2D eigenvalue weighted by atomic mass is 35.5. The van der Waals surface area contributed by atoms with E-state index in [4.69, 9.17) is 5.26 Å². The van der Waals surface area contributed by atoms with E-state index in [9.17, 15) is 4.39 Å². The summed E-state index contributed by atoms with van der Waals surface area (Å²) in [5.41, 5.74) is 5.53. The molecule has 2 heterocycles. The molecule has 0 saturated carbocycles. The molecule has 0 saturated heterocycles. The lowest BCUT2D eigenvalue weighted by Crippen LogP contribution is -2.03. The normalized spacial score (nSPS) is 10.4. The summed E-state index contributed by atoms with van der Waals surface area (Å²) >= 11 is 0. The van der Waals surface area contributed by atoms with Gasteiger partial charge in [-0.2, -0.15) is 5.26 Å². The van der Waals surface area contributed by atoms with E-state index in [-0.39, 0.29) is 18.2 Å². The van der Waals surface area contributed by atoms with Crippen molar-refractivity contribution < 1.29 is 4.39 Å². The number of hydrogen-bond donors (Lipinski definition) is 0. The number of pyridine rings is 1. The van der Waals surface area contributed by atoms with E-state index in [2.05, 4.69) is 15.6 Å². The van der Waals surface area contributed by atoms with Gasteiger partial charge in [0.2, 0.25) is 0 Å². The minimum Gasteiger partial charge on any atom is -0.336 e. The van der Waals surface area contributed by atoms with Crippen molar-refractivity contribution in [2.45, 2.75) is 13.5 Å². The first-order valence-corrected chi connectivity index (χ1v) is 8.35. The van der Waals surface area contributed by atoms with Crippen LogP contribution in [0.4, 0.5) is 4.39 Å². The zero-order valence-electron chi connectivity index (χ0n) is 14.7. The molecule has 4 rings (SSSR count). The first kappa shape index (κ1) is 18.6. The molecule has 134 valence electrons. The molecule has 0 spiro atoms. The Balaban J connectivity index is 0.00000210. The largest absolute Gasteiger partial charge is 0.336 e. The van der Waals surface area contributed by atoms with Gasteiger partial charge in [0, 0.05) is 29.9 Å². The molecule has 3 nitrogen and oxygen atoms in total. The molecule has 0 aliphatic heterocycles. The maximum atomic E-state index is 13.9. The first-order chi connectivity index (χ1) is 12.7. The van der Waals surface area contributed by atoms with Crippen molar-refractivity contribution in [3.05, 3.63) is 89.5 Å². The molecule has 4 aromatic rings. The summed E-state index contributed by atoms with van der Waals surface area (Å²) in [6.07, 6.45) is 3.56. The van der Waals surface area contributed by atoms with Gasteiger partial charge < -0.3 is 4.57 Å². The number of hydrogen-bond acceptors (Lipinski definition) is 2. The van der Waals surface area contributed by atoms with Crippen LogP contribution in [0.25, 0.3) is 22.2 Å². The Morgan fingerprint density at radius 2 is 1.96 bits per heavy atom. The summed E-state index contributed by atoms with van der Waals surface area (Å²) < 4.78 is 16.0. The molecule has 0 fully saturated rings. The van der Waals surface area contributed by atoms with Crippen LogP contribution >= 0.6 is 12.4 Å². The smallest absolute Gasteiger partial charge is 0.125 e. The Labute approximate surface area is 163 Å². The summed E-state index contributed by atoms with van der Waals surface area (Å²) in [5.74, 6) is -0.264. The summed E-state index contributed by atoms with van der Waals surface area (Å²) in [6.45, 7) is 2.60. The Morgan fingerprint density at radius 3 is 2.70 bits per heavy atom. The Morgan fingerprint density at radius 1 is 1.11 bits per heavy atom. The second-order valence-corrected chi connectivity index (χ2v) is 6.28. The molecule has 0 amide bonds. The SMILES string of the molecule is Cc1c(-c2cccnc2)n(Cc2cccc(C#N)c2)c2cc(F)ccc12.Cl. The quantitative estimate of drug-likeness (QED) is 0.473. The number of fused-ring (bicyclic) bond motifs is 1. The third kappa shape index (κ3) is 3.42. The van der Waals surface area contributed by atoms with Gasteiger partial charge in [0.25, 0.3) is 0 Å². The second kappa shape index (κ2) is 7.61. The number of nitriles is 1. The maximum absolute atomic E-state index is 13.9. The van der Waals surface area contributed by atoms with Gasteiger partial charge in [-0.15, -0.1) is 12.4 Å². The maximum Gasteiger partial charge on any atom is 0.125 e. The first-order valence-electron chi connectivity index (χ1n) is 8.35. The highest BCUT2D eigenvalue weighted by molar-refractivity contribution is 5.91. The number of benzene rings is 2. The minimum absolute atomic E-state index is 0. The summed E-state index contributed by atoms with van der Waals surface area (Å²) in [7, 11) is 0. The number of nitrogens with zero attached hydrogens (tertiary/aromatic N) is 3. The third-order valence-electron chi connectivity index (χ3n) is 4.61. The van der Waals surface area contributed by atoms with Crippen LogP contribution in [-0.4, -0.2) is 9.55 Å². The van der Waals surface area contributed by atoms with Gasteiger partial charge in [-0.1, -0.05) is 12.1 Å². The molecule has 0 radical (unpaired) electrons. The number of rotatable bonds is 3. The minimum atomic E-state index is -0.264. The molecular weight excluding hydrogens is 361 g/mol. The van der Waals surface area contributed by atoms with Crippen molar-refractivity contribution in [2.24, 2.45) is 0 Å². The lowest BCUT2D eigenvalue weighted by molar-refractivity contribution is 0.628. The van der Waals surface area contributed by atoms with Gasteiger partial charge >= 0.3 is 0 Å². The average molecular weight is 378 g/mol. The standard InChI is InChI=1S/C22H16FN3.ClH/c1-15-20-8-7-19(23)11-21(20)26(22(15)18-6-3-9-25-13-18)14-17-5-2-4-16(10-17)12-24;/h2-11,13H,14H2,1H3;1H. The van der Waals surface area contributed by atoms with Crippen LogP contribution in [0.5, 0.6) is 0 Å². The molecule has 2 aromatic carbocycles. The predicted molar refractivity (Wildman–Crippen MR) is 107 cm³/mol. The van der Waals surface area contributed by atoms with Crippen molar-refractivity contribution in [3.8, 4) is 17.3 Å².